The zero-order valence-corrected chi connectivity index (χ0v) is 11.5. The zero-order valence-electron chi connectivity index (χ0n) is 11.5. The minimum Gasteiger partial charge on any atom is -0.497 e. The van der Waals surface area contributed by atoms with Crippen LogP contribution in [0.25, 0.3) is 0 Å². The predicted molar refractivity (Wildman–Crippen MR) is 74.2 cm³/mol. The minimum atomic E-state index is 0.360. The summed E-state index contributed by atoms with van der Waals surface area (Å²) in [6.45, 7) is 1.89. The number of hydrogen-bond acceptors (Lipinski definition) is 7. The fourth-order valence-electron chi connectivity index (χ4n) is 1.54. The first kappa shape index (κ1) is 14.3. The van der Waals surface area contributed by atoms with Crippen molar-refractivity contribution in [1.29, 1.82) is 0 Å². The van der Waals surface area contributed by atoms with Gasteiger partial charge in [-0.1, -0.05) is 5.10 Å². The van der Waals surface area contributed by atoms with Crippen molar-refractivity contribution in [3.63, 3.8) is 0 Å². The molecule has 0 atom stereocenters. The third-order valence-electron chi connectivity index (χ3n) is 2.57. The van der Waals surface area contributed by atoms with Crippen molar-refractivity contribution in [2.45, 2.75) is 6.54 Å². The summed E-state index contributed by atoms with van der Waals surface area (Å²) in [4.78, 5) is 0. The molecule has 7 heteroatoms. The van der Waals surface area contributed by atoms with Crippen LogP contribution in [0.2, 0.25) is 0 Å². The van der Waals surface area contributed by atoms with Crippen LogP contribution < -0.4 is 15.4 Å². The lowest BCUT2D eigenvalue weighted by atomic mass is 10.3. The normalized spacial score (nSPS) is 10.5. The lowest BCUT2D eigenvalue weighted by Gasteiger charge is -2.03. The molecule has 0 saturated carbocycles. The SMILES string of the molecule is COCCNCc1nnc(Nc2ccc(OC)cc2)o1. The highest BCUT2D eigenvalue weighted by molar-refractivity contribution is 5.53. The van der Waals surface area contributed by atoms with Gasteiger partial charge in [-0.25, -0.2) is 0 Å². The van der Waals surface area contributed by atoms with E-state index in [1.807, 2.05) is 24.3 Å². The highest BCUT2D eigenvalue weighted by Crippen LogP contribution is 2.18. The van der Waals surface area contributed by atoms with Crippen LogP contribution in [-0.2, 0) is 11.3 Å². The van der Waals surface area contributed by atoms with Crippen LogP contribution in [0.1, 0.15) is 5.89 Å². The largest absolute Gasteiger partial charge is 0.497 e. The standard InChI is InChI=1S/C13H18N4O3/c1-18-8-7-14-9-12-16-17-13(20-12)15-10-3-5-11(19-2)6-4-10/h3-6,14H,7-9H2,1-2H3,(H,15,17). The van der Waals surface area contributed by atoms with Gasteiger partial charge < -0.3 is 24.5 Å². The lowest BCUT2D eigenvalue weighted by Crippen LogP contribution is -2.18. The van der Waals surface area contributed by atoms with Crippen LogP contribution in [0, 0.1) is 0 Å². The number of nitrogens with zero attached hydrogens (tertiary/aromatic N) is 2. The Labute approximate surface area is 117 Å². The van der Waals surface area contributed by atoms with E-state index < -0.39 is 0 Å². The summed E-state index contributed by atoms with van der Waals surface area (Å²) in [5, 5.41) is 14.0. The Hall–Kier alpha value is -2.12. The van der Waals surface area contributed by atoms with Gasteiger partial charge in [0, 0.05) is 19.3 Å². The van der Waals surface area contributed by atoms with Gasteiger partial charge in [0.2, 0.25) is 5.89 Å². The second kappa shape index (κ2) is 7.46. The molecule has 7 nitrogen and oxygen atoms in total. The summed E-state index contributed by atoms with van der Waals surface area (Å²) in [5.74, 6) is 1.32. The number of nitrogens with one attached hydrogen (secondary N) is 2. The van der Waals surface area contributed by atoms with Crippen LogP contribution in [0.15, 0.2) is 28.7 Å². The molecule has 0 amide bonds. The number of aromatic nitrogens is 2. The molecule has 0 bridgehead atoms. The highest BCUT2D eigenvalue weighted by Gasteiger charge is 2.05. The molecule has 0 aliphatic carbocycles. The van der Waals surface area contributed by atoms with Crippen molar-refractivity contribution in [2.24, 2.45) is 0 Å². The Morgan fingerprint density at radius 1 is 1.15 bits per heavy atom. The lowest BCUT2D eigenvalue weighted by molar-refractivity contribution is 0.198. The molecule has 2 N–H and O–H groups in total. The summed E-state index contributed by atoms with van der Waals surface area (Å²) >= 11 is 0. The Morgan fingerprint density at radius 3 is 2.65 bits per heavy atom. The average molecular weight is 278 g/mol. The summed E-state index contributed by atoms with van der Waals surface area (Å²) in [7, 11) is 3.29. The highest BCUT2D eigenvalue weighted by atomic mass is 16.5. The van der Waals surface area contributed by atoms with E-state index in [0.717, 1.165) is 18.0 Å². The summed E-state index contributed by atoms with van der Waals surface area (Å²) in [6.07, 6.45) is 0. The molecule has 2 aromatic rings. The van der Waals surface area contributed by atoms with Crippen molar-refractivity contribution in [1.82, 2.24) is 15.5 Å². The van der Waals surface area contributed by atoms with E-state index in [-0.39, 0.29) is 0 Å². The molecule has 108 valence electrons. The van der Waals surface area contributed by atoms with Gasteiger partial charge in [0.15, 0.2) is 0 Å². The Balaban J connectivity index is 1.85. The van der Waals surface area contributed by atoms with Crippen molar-refractivity contribution < 1.29 is 13.9 Å². The topological polar surface area (TPSA) is 81.4 Å². The molecule has 20 heavy (non-hydrogen) atoms. The van der Waals surface area contributed by atoms with Crippen LogP contribution in [0.5, 0.6) is 5.75 Å². The van der Waals surface area contributed by atoms with Crippen LogP contribution in [-0.4, -0.2) is 37.6 Å². The Morgan fingerprint density at radius 2 is 1.95 bits per heavy atom. The van der Waals surface area contributed by atoms with Gasteiger partial charge in [0.25, 0.3) is 0 Å². The van der Waals surface area contributed by atoms with E-state index in [1.165, 1.54) is 0 Å². The molecule has 0 fully saturated rings. The van der Waals surface area contributed by atoms with Gasteiger partial charge in [0.1, 0.15) is 5.75 Å². The molecule has 2 rings (SSSR count). The third kappa shape index (κ3) is 4.22. The molecular weight excluding hydrogens is 260 g/mol. The molecule has 0 saturated heterocycles. The molecule has 1 aromatic heterocycles. The van der Waals surface area contributed by atoms with Gasteiger partial charge in [-0.05, 0) is 24.3 Å². The fraction of sp³-hybridized carbons (Fsp3) is 0.385. The van der Waals surface area contributed by atoms with Crippen molar-refractivity contribution in [3.05, 3.63) is 30.2 Å². The fourth-order valence-corrected chi connectivity index (χ4v) is 1.54. The zero-order chi connectivity index (χ0) is 14.2. The van der Waals surface area contributed by atoms with E-state index in [2.05, 4.69) is 20.8 Å². The first-order valence-electron chi connectivity index (χ1n) is 6.25. The molecule has 0 spiro atoms. The van der Waals surface area contributed by atoms with Crippen LogP contribution >= 0.6 is 0 Å². The quantitative estimate of drug-likeness (QED) is 0.709. The van der Waals surface area contributed by atoms with Crippen LogP contribution in [0.3, 0.4) is 0 Å². The van der Waals surface area contributed by atoms with Gasteiger partial charge in [-0.2, -0.15) is 0 Å². The first-order chi connectivity index (χ1) is 9.81. The first-order valence-corrected chi connectivity index (χ1v) is 6.25. The van der Waals surface area contributed by atoms with Gasteiger partial charge in [-0.3, -0.25) is 0 Å². The molecule has 1 aromatic carbocycles. The van der Waals surface area contributed by atoms with E-state index in [9.17, 15) is 0 Å². The number of anilines is 2. The minimum absolute atomic E-state index is 0.360. The molecule has 0 unspecified atom stereocenters. The van der Waals surface area contributed by atoms with Crippen molar-refractivity contribution in [2.75, 3.05) is 32.7 Å². The summed E-state index contributed by atoms with van der Waals surface area (Å²) in [5.41, 5.74) is 0.855. The second-order valence-electron chi connectivity index (χ2n) is 4.02. The summed E-state index contributed by atoms with van der Waals surface area (Å²) < 4.78 is 15.5. The van der Waals surface area contributed by atoms with Gasteiger partial charge in [-0.15, -0.1) is 5.10 Å². The number of benzene rings is 1. The molecule has 0 radical (unpaired) electrons. The van der Waals surface area contributed by atoms with E-state index in [4.69, 9.17) is 13.9 Å². The second-order valence-corrected chi connectivity index (χ2v) is 4.02. The number of hydrogen-bond donors (Lipinski definition) is 2. The van der Waals surface area contributed by atoms with E-state index in [0.29, 0.717) is 25.1 Å². The predicted octanol–water partition coefficient (Wildman–Crippen LogP) is 1.56. The Kier molecular flexibility index (Phi) is 5.33. The molecule has 1 heterocycles. The third-order valence-corrected chi connectivity index (χ3v) is 2.57. The number of rotatable bonds is 8. The van der Waals surface area contributed by atoms with Crippen molar-refractivity contribution >= 4 is 11.7 Å². The van der Waals surface area contributed by atoms with E-state index in [1.54, 1.807) is 14.2 Å². The molecular formula is C13H18N4O3. The maximum atomic E-state index is 5.46. The van der Waals surface area contributed by atoms with Gasteiger partial charge in [0.05, 0.1) is 20.3 Å². The molecule has 0 aliphatic rings. The number of ether oxygens (including phenoxy) is 2. The smallest absolute Gasteiger partial charge is 0.320 e. The summed E-state index contributed by atoms with van der Waals surface area (Å²) in [6, 6.07) is 7.82. The average Bonchev–Trinajstić information content (AvgIpc) is 2.92. The monoisotopic (exact) mass is 278 g/mol. The van der Waals surface area contributed by atoms with E-state index >= 15 is 0 Å². The maximum Gasteiger partial charge on any atom is 0.320 e. The van der Waals surface area contributed by atoms with Crippen LogP contribution in [0.4, 0.5) is 11.7 Å². The molecule has 0 aliphatic heterocycles. The Bertz CT molecular complexity index is 513. The van der Waals surface area contributed by atoms with Gasteiger partial charge >= 0.3 is 6.01 Å². The number of methoxy groups -OCH3 is 2. The van der Waals surface area contributed by atoms with Crippen molar-refractivity contribution in [3.8, 4) is 5.75 Å². The maximum absolute atomic E-state index is 5.46.